The van der Waals surface area contributed by atoms with E-state index < -0.39 is 0 Å². The van der Waals surface area contributed by atoms with Gasteiger partial charge in [-0.3, -0.25) is 4.79 Å². The van der Waals surface area contributed by atoms with Gasteiger partial charge < -0.3 is 20.1 Å². The van der Waals surface area contributed by atoms with E-state index in [-0.39, 0.29) is 11.9 Å². The van der Waals surface area contributed by atoms with Crippen LogP contribution < -0.4 is 15.2 Å². The van der Waals surface area contributed by atoms with E-state index in [0.29, 0.717) is 25.9 Å². The molecule has 0 radical (unpaired) electrons. The first kappa shape index (κ1) is 16.0. The molecule has 2 N–H and O–H groups in total. The van der Waals surface area contributed by atoms with Gasteiger partial charge in [0.15, 0.2) is 0 Å². The van der Waals surface area contributed by atoms with Crippen molar-refractivity contribution in [2.45, 2.75) is 25.9 Å². The number of hydrogen-bond donors (Lipinski definition) is 1. The molecule has 1 aromatic carbocycles. The van der Waals surface area contributed by atoms with Crippen molar-refractivity contribution in [3.05, 3.63) is 41.2 Å². The van der Waals surface area contributed by atoms with Gasteiger partial charge in [0.05, 0.1) is 26.5 Å². The molecule has 7 nitrogen and oxygen atoms in total. The summed E-state index contributed by atoms with van der Waals surface area (Å²) in [6.07, 6.45) is 2.70. The van der Waals surface area contributed by atoms with Crippen molar-refractivity contribution in [2.24, 2.45) is 0 Å². The zero-order chi connectivity index (χ0) is 17.1. The highest BCUT2D eigenvalue weighted by molar-refractivity contribution is 5.77. The monoisotopic (exact) mass is 328 g/mol. The third kappa shape index (κ3) is 3.24. The number of fused-ring (bicyclic) bond motifs is 1. The van der Waals surface area contributed by atoms with Gasteiger partial charge in [-0.15, -0.1) is 0 Å². The van der Waals surface area contributed by atoms with Crippen molar-refractivity contribution < 1.29 is 14.3 Å². The van der Waals surface area contributed by atoms with E-state index in [2.05, 4.69) is 9.97 Å². The molecule has 2 heterocycles. The van der Waals surface area contributed by atoms with Crippen molar-refractivity contribution in [3.8, 4) is 11.5 Å². The van der Waals surface area contributed by atoms with Crippen molar-refractivity contribution >= 4 is 11.9 Å². The molecule has 0 aliphatic carbocycles. The highest BCUT2D eigenvalue weighted by atomic mass is 16.5. The van der Waals surface area contributed by atoms with Gasteiger partial charge in [0.2, 0.25) is 11.9 Å². The molecular formula is C17H20N4O3. The largest absolute Gasteiger partial charge is 0.497 e. The van der Waals surface area contributed by atoms with Crippen LogP contribution in [0, 0.1) is 0 Å². The van der Waals surface area contributed by atoms with Crippen LogP contribution in [0.5, 0.6) is 11.5 Å². The number of nitrogens with zero attached hydrogens (tertiary/aromatic N) is 3. The minimum absolute atomic E-state index is 0.0736. The molecule has 7 heteroatoms. The molecular weight excluding hydrogens is 308 g/mol. The Morgan fingerprint density at radius 3 is 2.88 bits per heavy atom. The lowest BCUT2D eigenvalue weighted by Gasteiger charge is -2.16. The standard InChI is InChI=1S/C17H20N4O3/c1-23-13-5-3-11(15(7-13)24-2)4-6-16(22)21-9-12-8-19-17(18)20-14(12)10-21/h3,5,7-8H,4,6,9-10H2,1-2H3,(H2,18,19,20). The molecule has 2 aromatic rings. The molecule has 0 atom stereocenters. The van der Waals surface area contributed by atoms with Gasteiger partial charge in [0.25, 0.3) is 0 Å². The van der Waals surface area contributed by atoms with Crippen LogP contribution in [0.15, 0.2) is 24.4 Å². The van der Waals surface area contributed by atoms with E-state index in [1.165, 1.54) is 0 Å². The highest BCUT2D eigenvalue weighted by Gasteiger charge is 2.25. The second-order valence-corrected chi connectivity index (χ2v) is 5.63. The van der Waals surface area contributed by atoms with Crippen LogP contribution in [0.25, 0.3) is 0 Å². The highest BCUT2D eigenvalue weighted by Crippen LogP contribution is 2.27. The molecule has 24 heavy (non-hydrogen) atoms. The minimum atomic E-state index is 0.0736. The first-order valence-electron chi connectivity index (χ1n) is 7.69. The van der Waals surface area contributed by atoms with Crippen LogP contribution in [0.4, 0.5) is 5.95 Å². The number of carbonyl (C=O) groups is 1. The summed E-state index contributed by atoms with van der Waals surface area (Å²) in [5, 5.41) is 0. The fraction of sp³-hybridized carbons (Fsp3) is 0.353. The molecule has 0 saturated heterocycles. The van der Waals surface area contributed by atoms with E-state index in [1.807, 2.05) is 18.2 Å². The van der Waals surface area contributed by atoms with E-state index in [0.717, 1.165) is 28.3 Å². The Bertz CT molecular complexity index is 763. The Morgan fingerprint density at radius 1 is 1.29 bits per heavy atom. The summed E-state index contributed by atoms with van der Waals surface area (Å²) in [6.45, 7) is 1.02. The number of carbonyl (C=O) groups excluding carboxylic acids is 1. The lowest BCUT2D eigenvalue weighted by Crippen LogP contribution is -2.25. The molecule has 3 rings (SSSR count). The summed E-state index contributed by atoms with van der Waals surface area (Å²) < 4.78 is 10.6. The lowest BCUT2D eigenvalue weighted by molar-refractivity contribution is -0.131. The number of aromatic nitrogens is 2. The van der Waals surface area contributed by atoms with Crippen LogP contribution in [0.3, 0.4) is 0 Å². The maximum atomic E-state index is 12.5. The predicted molar refractivity (Wildman–Crippen MR) is 88.6 cm³/mol. The minimum Gasteiger partial charge on any atom is -0.497 e. The topological polar surface area (TPSA) is 90.6 Å². The first-order chi connectivity index (χ1) is 11.6. The summed E-state index contributed by atoms with van der Waals surface area (Å²) in [5.41, 5.74) is 8.36. The molecule has 0 saturated carbocycles. The van der Waals surface area contributed by atoms with Crippen molar-refractivity contribution in [1.82, 2.24) is 14.9 Å². The summed E-state index contributed by atoms with van der Waals surface area (Å²) in [6, 6.07) is 5.62. The smallest absolute Gasteiger partial charge is 0.223 e. The average molecular weight is 328 g/mol. The van der Waals surface area contributed by atoms with Crippen molar-refractivity contribution in [1.29, 1.82) is 0 Å². The number of anilines is 1. The number of rotatable bonds is 5. The van der Waals surface area contributed by atoms with Crippen LogP contribution >= 0.6 is 0 Å². The molecule has 1 aliphatic rings. The predicted octanol–water partition coefficient (Wildman–Crippen LogP) is 1.55. The maximum Gasteiger partial charge on any atom is 0.223 e. The Balaban J connectivity index is 1.63. The van der Waals surface area contributed by atoms with Crippen LogP contribution in [0.1, 0.15) is 23.2 Å². The summed E-state index contributed by atoms with van der Waals surface area (Å²) in [5.74, 6) is 1.77. The van der Waals surface area contributed by atoms with Gasteiger partial charge >= 0.3 is 0 Å². The van der Waals surface area contributed by atoms with Gasteiger partial charge in [-0.1, -0.05) is 6.07 Å². The average Bonchev–Trinajstić information content (AvgIpc) is 3.02. The number of amides is 1. The first-order valence-corrected chi connectivity index (χ1v) is 7.69. The third-order valence-electron chi connectivity index (χ3n) is 4.13. The second kappa shape index (κ2) is 6.74. The van der Waals surface area contributed by atoms with Gasteiger partial charge in [0, 0.05) is 30.8 Å². The summed E-state index contributed by atoms with van der Waals surface area (Å²) >= 11 is 0. The molecule has 0 fully saturated rings. The van der Waals surface area contributed by atoms with Gasteiger partial charge in [-0.2, -0.15) is 0 Å². The number of aryl methyl sites for hydroxylation is 1. The number of benzene rings is 1. The number of ether oxygens (including phenoxy) is 2. The fourth-order valence-electron chi connectivity index (χ4n) is 2.80. The molecule has 1 amide bonds. The fourth-order valence-corrected chi connectivity index (χ4v) is 2.80. The molecule has 0 unspecified atom stereocenters. The summed E-state index contributed by atoms with van der Waals surface area (Å²) in [7, 11) is 3.22. The number of nitrogens with two attached hydrogens (primary N) is 1. The van der Waals surface area contributed by atoms with Crippen LogP contribution in [0.2, 0.25) is 0 Å². The van der Waals surface area contributed by atoms with E-state index >= 15 is 0 Å². The molecule has 126 valence electrons. The zero-order valence-electron chi connectivity index (χ0n) is 13.8. The molecule has 0 bridgehead atoms. The quantitative estimate of drug-likeness (QED) is 0.895. The Morgan fingerprint density at radius 2 is 2.12 bits per heavy atom. The SMILES string of the molecule is COc1ccc(CCC(=O)N2Cc3cnc(N)nc3C2)c(OC)c1. The Labute approximate surface area is 140 Å². The summed E-state index contributed by atoms with van der Waals surface area (Å²) in [4.78, 5) is 22.4. The van der Waals surface area contributed by atoms with Crippen LogP contribution in [-0.4, -0.2) is 35.0 Å². The normalized spacial score (nSPS) is 12.8. The second-order valence-electron chi connectivity index (χ2n) is 5.63. The zero-order valence-corrected chi connectivity index (χ0v) is 13.8. The molecule has 1 aromatic heterocycles. The van der Waals surface area contributed by atoms with Crippen LogP contribution in [-0.2, 0) is 24.3 Å². The van der Waals surface area contributed by atoms with Crippen molar-refractivity contribution in [2.75, 3.05) is 20.0 Å². The molecule has 1 aliphatic heterocycles. The van der Waals surface area contributed by atoms with E-state index in [9.17, 15) is 4.79 Å². The Hall–Kier alpha value is -2.83. The van der Waals surface area contributed by atoms with Gasteiger partial charge in [0.1, 0.15) is 11.5 Å². The third-order valence-corrected chi connectivity index (χ3v) is 4.13. The number of methoxy groups -OCH3 is 2. The van der Waals surface area contributed by atoms with Gasteiger partial charge in [-0.25, -0.2) is 9.97 Å². The lowest BCUT2D eigenvalue weighted by atomic mass is 10.1. The van der Waals surface area contributed by atoms with E-state index in [1.54, 1.807) is 25.3 Å². The van der Waals surface area contributed by atoms with E-state index in [4.69, 9.17) is 15.2 Å². The molecule has 0 spiro atoms. The number of hydrogen-bond acceptors (Lipinski definition) is 6. The van der Waals surface area contributed by atoms with Crippen molar-refractivity contribution in [3.63, 3.8) is 0 Å². The maximum absolute atomic E-state index is 12.5. The number of nitrogen functional groups attached to an aromatic ring is 1. The van der Waals surface area contributed by atoms with Gasteiger partial charge in [-0.05, 0) is 18.1 Å². The Kier molecular flexibility index (Phi) is 4.50.